The van der Waals surface area contributed by atoms with Gasteiger partial charge in [-0.2, -0.15) is 0 Å². The Hall–Kier alpha value is -1.36. The van der Waals surface area contributed by atoms with E-state index in [2.05, 4.69) is 24.1 Å². The highest BCUT2D eigenvalue weighted by Crippen LogP contribution is 1.99. The van der Waals surface area contributed by atoms with Gasteiger partial charge >= 0.3 is 5.97 Å². The van der Waals surface area contributed by atoms with Crippen molar-refractivity contribution in [3.8, 4) is 0 Å². The molecule has 0 saturated carbocycles. The van der Waals surface area contributed by atoms with E-state index in [4.69, 9.17) is 4.74 Å². The predicted molar refractivity (Wildman–Crippen MR) is 70.0 cm³/mol. The molecule has 0 radical (unpaired) electrons. The summed E-state index contributed by atoms with van der Waals surface area (Å²) in [6.45, 7) is 9.91. The molecule has 0 spiro atoms. The van der Waals surface area contributed by atoms with Gasteiger partial charge in [0.15, 0.2) is 0 Å². The Morgan fingerprint density at radius 1 is 1.44 bits per heavy atom. The number of aromatic nitrogens is 2. The highest BCUT2D eigenvalue weighted by atomic mass is 16.5. The maximum absolute atomic E-state index is 11.4. The van der Waals surface area contributed by atoms with Crippen molar-refractivity contribution in [2.45, 2.75) is 46.9 Å². The van der Waals surface area contributed by atoms with Gasteiger partial charge in [0, 0.05) is 12.7 Å². The van der Waals surface area contributed by atoms with Gasteiger partial charge in [-0.1, -0.05) is 13.8 Å². The van der Waals surface area contributed by atoms with Crippen molar-refractivity contribution < 1.29 is 9.53 Å². The molecule has 0 bridgehead atoms. The quantitative estimate of drug-likeness (QED) is 0.750. The van der Waals surface area contributed by atoms with Crippen LogP contribution in [-0.4, -0.2) is 28.2 Å². The molecule has 5 heteroatoms. The number of hydrogen-bond donors (Lipinski definition) is 1. The minimum absolute atomic E-state index is 0.0757. The van der Waals surface area contributed by atoms with E-state index >= 15 is 0 Å². The smallest absolute Gasteiger partial charge is 0.326 e. The first-order valence-electron chi connectivity index (χ1n) is 6.38. The molecule has 1 rings (SSSR count). The van der Waals surface area contributed by atoms with Gasteiger partial charge in [0.05, 0.1) is 18.1 Å². The van der Waals surface area contributed by atoms with E-state index in [0.29, 0.717) is 5.92 Å². The molecule has 5 nitrogen and oxygen atoms in total. The lowest BCUT2D eigenvalue weighted by Crippen LogP contribution is -2.19. The van der Waals surface area contributed by atoms with Crippen LogP contribution in [0.3, 0.4) is 0 Å². The Kier molecular flexibility index (Phi) is 5.85. The van der Waals surface area contributed by atoms with Crippen LogP contribution < -0.4 is 5.32 Å². The van der Waals surface area contributed by atoms with E-state index in [1.54, 1.807) is 10.9 Å². The average Bonchev–Trinajstić information content (AvgIpc) is 2.63. The summed E-state index contributed by atoms with van der Waals surface area (Å²) >= 11 is 0. The van der Waals surface area contributed by atoms with Crippen LogP contribution in [0.15, 0.2) is 12.5 Å². The van der Waals surface area contributed by atoms with Gasteiger partial charge in [0.2, 0.25) is 0 Å². The molecule has 0 aliphatic heterocycles. The lowest BCUT2D eigenvalue weighted by Gasteiger charge is -2.07. The zero-order valence-electron chi connectivity index (χ0n) is 11.6. The molecule has 102 valence electrons. The Morgan fingerprint density at radius 3 is 2.78 bits per heavy atom. The predicted octanol–water partition coefficient (Wildman–Crippen LogP) is 1.58. The minimum atomic E-state index is -0.232. The van der Waals surface area contributed by atoms with Crippen LogP contribution in [0.4, 0.5) is 0 Å². The highest BCUT2D eigenvalue weighted by Gasteiger charge is 2.07. The molecular weight excluding hydrogens is 230 g/mol. The van der Waals surface area contributed by atoms with Crippen molar-refractivity contribution in [2.75, 3.05) is 6.54 Å². The first-order valence-corrected chi connectivity index (χ1v) is 6.38. The number of carbonyl (C=O) groups excluding carboxylic acids is 1. The van der Waals surface area contributed by atoms with Gasteiger partial charge in [-0.05, 0) is 26.3 Å². The van der Waals surface area contributed by atoms with Crippen LogP contribution in [0, 0.1) is 5.92 Å². The third-order valence-electron chi connectivity index (χ3n) is 2.22. The van der Waals surface area contributed by atoms with E-state index in [9.17, 15) is 4.79 Å². The van der Waals surface area contributed by atoms with Crippen LogP contribution in [0.25, 0.3) is 0 Å². The van der Waals surface area contributed by atoms with Crippen molar-refractivity contribution in [2.24, 2.45) is 5.92 Å². The Morgan fingerprint density at radius 2 is 2.17 bits per heavy atom. The molecule has 0 atom stereocenters. The third kappa shape index (κ3) is 5.82. The van der Waals surface area contributed by atoms with Gasteiger partial charge in [0.1, 0.15) is 6.54 Å². The van der Waals surface area contributed by atoms with Crippen molar-refractivity contribution in [3.05, 3.63) is 18.2 Å². The molecular formula is C13H23N3O2. The number of ether oxygens (including phenoxy) is 1. The minimum Gasteiger partial charge on any atom is -0.462 e. The SMILES string of the molecule is CC(C)CNCc1cn(CC(=O)OC(C)C)cn1. The van der Waals surface area contributed by atoms with Crippen LogP contribution in [0.2, 0.25) is 0 Å². The van der Waals surface area contributed by atoms with E-state index in [0.717, 1.165) is 18.8 Å². The van der Waals surface area contributed by atoms with Crippen molar-refractivity contribution in [1.29, 1.82) is 0 Å². The van der Waals surface area contributed by atoms with Gasteiger partial charge in [0.25, 0.3) is 0 Å². The number of esters is 1. The lowest BCUT2D eigenvalue weighted by molar-refractivity contribution is -0.148. The summed E-state index contributed by atoms with van der Waals surface area (Å²) < 4.78 is 6.82. The van der Waals surface area contributed by atoms with E-state index in [1.807, 2.05) is 20.0 Å². The molecule has 0 unspecified atom stereocenters. The average molecular weight is 253 g/mol. The second-order valence-corrected chi connectivity index (χ2v) is 5.10. The van der Waals surface area contributed by atoms with Gasteiger partial charge < -0.3 is 14.6 Å². The maximum atomic E-state index is 11.4. The summed E-state index contributed by atoms with van der Waals surface area (Å²) in [5, 5.41) is 3.31. The van der Waals surface area contributed by atoms with Gasteiger partial charge in [-0.25, -0.2) is 4.98 Å². The van der Waals surface area contributed by atoms with Gasteiger partial charge in [-0.3, -0.25) is 4.79 Å². The number of nitrogens with zero attached hydrogens (tertiary/aromatic N) is 2. The second kappa shape index (κ2) is 7.16. The zero-order valence-corrected chi connectivity index (χ0v) is 11.6. The largest absolute Gasteiger partial charge is 0.462 e. The molecule has 0 amide bonds. The molecule has 0 aliphatic rings. The fourth-order valence-corrected chi connectivity index (χ4v) is 1.52. The van der Waals surface area contributed by atoms with E-state index in [-0.39, 0.29) is 18.6 Å². The summed E-state index contributed by atoms with van der Waals surface area (Å²) in [5.41, 5.74) is 0.938. The molecule has 0 aromatic carbocycles. The van der Waals surface area contributed by atoms with Crippen molar-refractivity contribution in [1.82, 2.24) is 14.9 Å². The number of rotatable bonds is 7. The zero-order chi connectivity index (χ0) is 13.5. The summed E-state index contributed by atoms with van der Waals surface area (Å²) in [5.74, 6) is 0.386. The van der Waals surface area contributed by atoms with Crippen LogP contribution in [0.5, 0.6) is 0 Å². The molecule has 1 aromatic heterocycles. The Bertz CT molecular complexity index is 372. The fourth-order valence-electron chi connectivity index (χ4n) is 1.52. The molecule has 1 aromatic rings. The summed E-state index contributed by atoms with van der Waals surface area (Å²) in [6, 6.07) is 0. The van der Waals surface area contributed by atoms with E-state index in [1.165, 1.54) is 0 Å². The number of nitrogens with one attached hydrogen (secondary N) is 1. The molecule has 0 saturated heterocycles. The fraction of sp³-hybridized carbons (Fsp3) is 0.692. The number of carbonyl (C=O) groups is 1. The Labute approximate surface area is 109 Å². The van der Waals surface area contributed by atoms with Crippen LogP contribution in [-0.2, 0) is 22.6 Å². The molecule has 0 aliphatic carbocycles. The maximum Gasteiger partial charge on any atom is 0.326 e. The molecule has 18 heavy (non-hydrogen) atoms. The second-order valence-electron chi connectivity index (χ2n) is 5.10. The molecule has 1 heterocycles. The third-order valence-corrected chi connectivity index (χ3v) is 2.22. The van der Waals surface area contributed by atoms with E-state index < -0.39 is 0 Å². The van der Waals surface area contributed by atoms with Crippen LogP contribution in [0.1, 0.15) is 33.4 Å². The lowest BCUT2D eigenvalue weighted by atomic mass is 10.2. The number of hydrogen-bond acceptors (Lipinski definition) is 4. The normalized spacial score (nSPS) is 11.2. The molecule has 0 fully saturated rings. The first-order chi connectivity index (χ1) is 8.47. The summed E-state index contributed by atoms with van der Waals surface area (Å²) in [4.78, 5) is 15.7. The van der Waals surface area contributed by atoms with Crippen molar-refractivity contribution >= 4 is 5.97 Å². The summed E-state index contributed by atoms with van der Waals surface area (Å²) in [6.07, 6.45) is 3.45. The Balaban J connectivity index is 2.36. The highest BCUT2D eigenvalue weighted by molar-refractivity contribution is 5.69. The first kappa shape index (κ1) is 14.7. The molecule has 1 N–H and O–H groups in total. The van der Waals surface area contributed by atoms with Gasteiger partial charge in [-0.15, -0.1) is 0 Å². The number of imidazole rings is 1. The standard InChI is InChI=1S/C13H23N3O2/c1-10(2)5-14-6-12-7-16(9-15-12)8-13(17)18-11(3)4/h7,9-11,14H,5-6,8H2,1-4H3. The summed E-state index contributed by atoms with van der Waals surface area (Å²) in [7, 11) is 0. The van der Waals surface area contributed by atoms with Crippen LogP contribution >= 0.6 is 0 Å². The topological polar surface area (TPSA) is 56.2 Å². The van der Waals surface area contributed by atoms with Crippen molar-refractivity contribution in [3.63, 3.8) is 0 Å². The monoisotopic (exact) mass is 253 g/mol.